The first-order valence-electron chi connectivity index (χ1n) is 7.54. The van der Waals surface area contributed by atoms with E-state index in [1.807, 2.05) is 48.5 Å². The van der Waals surface area contributed by atoms with Crippen molar-refractivity contribution in [3.8, 4) is 11.5 Å². The van der Waals surface area contributed by atoms with Gasteiger partial charge in [0, 0.05) is 22.2 Å². The second-order valence-corrected chi connectivity index (χ2v) is 5.84. The minimum Gasteiger partial charge on any atom is -0.493 e. The van der Waals surface area contributed by atoms with Gasteiger partial charge in [0.15, 0.2) is 0 Å². The zero-order valence-corrected chi connectivity index (χ0v) is 13.4. The number of fused-ring (bicyclic) bond motifs is 1. The molecular formula is C19H17ClO3. The molecule has 0 aromatic heterocycles. The summed E-state index contributed by atoms with van der Waals surface area (Å²) in [6.45, 7) is 0.952. The Morgan fingerprint density at radius 1 is 1.17 bits per heavy atom. The molecule has 118 valence electrons. The SMILES string of the molecule is O=CC1=Cc2ccc(OCCCc3ccc(Cl)cc3)cc2OC1. The minimum atomic E-state index is 0.316. The molecule has 1 aliphatic rings. The molecule has 23 heavy (non-hydrogen) atoms. The topological polar surface area (TPSA) is 35.5 Å². The third-order valence-corrected chi connectivity index (χ3v) is 3.92. The highest BCUT2D eigenvalue weighted by molar-refractivity contribution is 6.30. The average Bonchev–Trinajstić information content (AvgIpc) is 2.59. The van der Waals surface area contributed by atoms with Crippen LogP contribution in [0.15, 0.2) is 48.0 Å². The highest BCUT2D eigenvalue weighted by atomic mass is 35.5. The van der Waals surface area contributed by atoms with Crippen molar-refractivity contribution in [1.82, 2.24) is 0 Å². The molecule has 2 aromatic rings. The summed E-state index contributed by atoms with van der Waals surface area (Å²) in [6.07, 6.45) is 4.54. The third-order valence-electron chi connectivity index (χ3n) is 3.66. The Kier molecular flexibility index (Phi) is 4.99. The fourth-order valence-corrected chi connectivity index (χ4v) is 2.56. The number of hydrogen-bond acceptors (Lipinski definition) is 3. The fourth-order valence-electron chi connectivity index (χ4n) is 2.44. The first kappa shape index (κ1) is 15.6. The van der Waals surface area contributed by atoms with Gasteiger partial charge in [0.05, 0.1) is 6.61 Å². The van der Waals surface area contributed by atoms with E-state index in [1.165, 1.54) is 5.56 Å². The molecule has 1 aliphatic heterocycles. The van der Waals surface area contributed by atoms with E-state index >= 15 is 0 Å². The average molecular weight is 329 g/mol. The molecule has 2 aromatic carbocycles. The van der Waals surface area contributed by atoms with Crippen LogP contribution in [-0.2, 0) is 11.2 Å². The van der Waals surface area contributed by atoms with Crippen molar-refractivity contribution in [2.24, 2.45) is 0 Å². The van der Waals surface area contributed by atoms with Crippen LogP contribution in [0.2, 0.25) is 5.02 Å². The molecule has 0 atom stereocenters. The second kappa shape index (κ2) is 7.34. The molecule has 0 radical (unpaired) electrons. The molecule has 0 unspecified atom stereocenters. The summed E-state index contributed by atoms with van der Waals surface area (Å²) >= 11 is 5.87. The van der Waals surface area contributed by atoms with Crippen LogP contribution in [0, 0.1) is 0 Å². The number of benzene rings is 2. The van der Waals surface area contributed by atoms with Gasteiger partial charge in [-0.1, -0.05) is 23.7 Å². The van der Waals surface area contributed by atoms with Gasteiger partial charge in [-0.05, 0) is 48.7 Å². The number of halogens is 1. The lowest BCUT2D eigenvalue weighted by Crippen LogP contribution is -2.08. The van der Waals surface area contributed by atoms with Crippen LogP contribution in [0.1, 0.15) is 17.5 Å². The lowest BCUT2D eigenvalue weighted by Gasteiger charge is -2.16. The van der Waals surface area contributed by atoms with Gasteiger partial charge < -0.3 is 9.47 Å². The summed E-state index contributed by atoms with van der Waals surface area (Å²) in [5.41, 5.74) is 2.80. The molecule has 0 N–H and O–H groups in total. The van der Waals surface area contributed by atoms with E-state index in [-0.39, 0.29) is 0 Å². The van der Waals surface area contributed by atoms with E-state index < -0.39 is 0 Å². The zero-order chi connectivity index (χ0) is 16.1. The number of hydrogen-bond donors (Lipinski definition) is 0. The molecule has 0 saturated heterocycles. The molecule has 0 spiro atoms. The number of ether oxygens (including phenoxy) is 2. The quantitative estimate of drug-likeness (QED) is 0.585. The predicted octanol–water partition coefficient (Wildman–Crippen LogP) is 4.33. The van der Waals surface area contributed by atoms with Crippen molar-refractivity contribution in [1.29, 1.82) is 0 Å². The van der Waals surface area contributed by atoms with Crippen molar-refractivity contribution >= 4 is 24.0 Å². The van der Waals surface area contributed by atoms with E-state index in [2.05, 4.69) is 0 Å². The minimum absolute atomic E-state index is 0.316. The molecule has 4 heteroatoms. The molecule has 0 bridgehead atoms. The lowest BCUT2D eigenvalue weighted by molar-refractivity contribution is -0.105. The summed E-state index contributed by atoms with van der Waals surface area (Å²) in [5, 5.41) is 0.755. The van der Waals surface area contributed by atoms with E-state index in [1.54, 1.807) is 0 Å². The monoisotopic (exact) mass is 328 g/mol. The smallest absolute Gasteiger partial charge is 0.149 e. The summed E-state index contributed by atoms with van der Waals surface area (Å²) in [6, 6.07) is 13.5. The maximum absolute atomic E-state index is 10.8. The maximum atomic E-state index is 10.8. The van der Waals surface area contributed by atoms with Gasteiger partial charge >= 0.3 is 0 Å². The first-order valence-corrected chi connectivity index (χ1v) is 7.92. The largest absolute Gasteiger partial charge is 0.493 e. The molecule has 0 aliphatic carbocycles. The van der Waals surface area contributed by atoms with Crippen molar-refractivity contribution in [3.63, 3.8) is 0 Å². The lowest BCUT2D eigenvalue weighted by atomic mass is 10.1. The first-order chi connectivity index (χ1) is 11.2. The predicted molar refractivity (Wildman–Crippen MR) is 91.2 cm³/mol. The van der Waals surface area contributed by atoms with E-state index in [4.69, 9.17) is 21.1 Å². The van der Waals surface area contributed by atoms with Crippen LogP contribution in [0.3, 0.4) is 0 Å². The normalized spacial score (nSPS) is 12.8. The Hall–Kier alpha value is -2.26. The maximum Gasteiger partial charge on any atom is 0.149 e. The Labute approximate surface area is 140 Å². The van der Waals surface area contributed by atoms with E-state index in [0.717, 1.165) is 41.2 Å². The molecule has 1 heterocycles. The fraction of sp³-hybridized carbons (Fsp3) is 0.211. The molecular weight excluding hydrogens is 312 g/mol. The zero-order valence-electron chi connectivity index (χ0n) is 12.6. The number of rotatable bonds is 6. The van der Waals surface area contributed by atoms with Crippen molar-refractivity contribution in [2.75, 3.05) is 13.2 Å². The summed E-state index contributed by atoms with van der Waals surface area (Å²) in [5.74, 6) is 1.54. The molecule has 0 saturated carbocycles. The summed E-state index contributed by atoms with van der Waals surface area (Å²) < 4.78 is 11.3. The standard InChI is InChI=1S/C19H17ClO3/c20-17-6-3-14(4-7-17)2-1-9-22-18-8-5-16-10-15(12-21)13-23-19(16)11-18/h3-8,10-12H,1-2,9,13H2. The molecule has 0 amide bonds. The summed E-state index contributed by atoms with van der Waals surface area (Å²) in [4.78, 5) is 10.8. The number of carbonyl (C=O) groups excluding carboxylic acids is 1. The van der Waals surface area contributed by atoms with Crippen LogP contribution in [-0.4, -0.2) is 19.5 Å². The van der Waals surface area contributed by atoms with Crippen LogP contribution in [0.4, 0.5) is 0 Å². The van der Waals surface area contributed by atoms with Gasteiger partial charge in [0.25, 0.3) is 0 Å². The van der Waals surface area contributed by atoms with Gasteiger partial charge in [-0.2, -0.15) is 0 Å². The summed E-state index contributed by atoms with van der Waals surface area (Å²) in [7, 11) is 0. The number of aldehydes is 1. The van der Waals surface area contributed by atoms with Gasteiger partial charge in [-0.25, -0.2) is 0 Å². The van der Waals surface area contributed by atoms with Crippen LogP contribution in [0.5, 0.6) is 11.5 Å². The second-order valence-electron chi connectivity index (χ2n) is 5.40. The van der Waals surface area contributed by atoms with Crippen LogP contribution < -0.4 is 9.47 Å². The van der Waals surface area contributed by atoms with E-state index in [0.29, 0.717) is 18.8 Å². The van der Waals surface area contributed by atoms with Crippen molar-refractivity contribution < 1.29 is 14.3 Å². The van der Waals surface area contributed by atoms with Gasteiger partial charge in [0.1, 0.15) is 24.4 Å². The number of carbonyl (C=O) groups is 1. The van der Waals surface area contributed by atoms with Gasteiger partial charge in [-0.15, -0.1) is 0 Å². The Morgan fingerprint density at radius 3 is 2.78 bits per heavy atom. The van der Waals surface area contributed by atoms with Gasteiger partial charge in [0.2, 0.25) is 0 Å². The molecule has 3 nitrogen and oxygen atoms in total. The third kappa shape index (κ3) is 4.14. The Balaban J connectivity index is 1.52. The van der Waals surface area contributed by atoms with Crippen molar-refractivity contribution in [3.05, 3.63) is 64.2 Å². The highest BCUT2D eigenvalue weighted by Crippen LogP contribution is 2.30. The molecule has 3 rings (SSSR count). The van der Waals surface area contributed by atoms with Crippen LogP contribution in [0.25, 0.3) is 6.08 Å². The Bertz CT molecular complexity index is 720. The Morgan fingerprint density at radius 2 is 2.00 bits per heavy atom. The number of aryl methyl sites for hydroxylation is 1. The van der Waals surface area contributed by atoms with E-state index in [9.17, 15) is 4.79 Å². The van der Waals surface area contributed by atoms with Crippen LogP contribution >= 0.6 is 11.6 Å². The molecule has 0 fully saturated rings. The highest BCUT2D eigenvalue weighted by Gasteiger charge is 2.11. The van der Waals surface area contributed by atoms with Gasteiger partial charge in [-0.3, -0.25) is 4.79 Å². The van der Waals surface area contributed by atoms with Crippen molar-refractivity contribution in [2.45, 2.75) is 12.8 Å².